The van der Waals surface area contributed by atoms with Crippen molar-refractivity contribution in [3.05, 3.63) is 65.7 Å². The van der Waals surface area contributed by atoms with Crippen LogP contribution in [0.5, 0.6) is 5.75 Å². The Morgan fingerprint density at radius 2 is 1.69 bits per heavy atom. The van der Waals surface area contributed by atoms with Crippen molar-refractivity contribution >= 4 is 38.3 Å². The van der Waals surface area contributed by atoms with Crippen molar-refractivity contribution in [2.45, 2.75) is 6.54 Å². The summed E-state index contributed by atoms with van der Waals surface area (Å²) in [5, 5.41) is 3.23. The predicted octanol–water partition coefficient (Wildman–Crippen LogP) is 4.51. The van der Waals surface area contributed by atoms with Gasteiger partial charge in [0.25, 0.3) is 6.01 Å². The number of oxazole rings is 1. The van der Waals surface area contributed by atoms with Crippen molar-refractivity contribution in [3.8, 4) is 16.9 Å². The molecule has 1 N–H and O–H groups in total. The molecule has 0 aliphatic carbocycles. The molecule has 2 aliphatic rings. The number of para-hydroxylation sites is 1. The van der Waals surface area contributed by atoms with Gasteiger partial charge in [0.15, 0.2) is 15.4 Å². The fraction of sp³-hybridized carbons (Fsp3) is 0.367. The highest BCUT2D eigenvalue weighted by atomic mass is 32.2. The second-order valence-electron chi connectivity index (χ2n) is 10.8. The fourth-order valence-electron chi connectivity index (χ4n) is 5.46. The maximum atomic E-state index is 15.2. The first-order valence-corrected chi connectivity index (χ1v) is 15.7. The van der Waals surface area contributed by atoms with Crippen LogP contribution in [0.1, 0.15) is 5.56 Å². The number of fused-ring (bicyclic) bond motifs is 1. The van der Waals surface area contributed by atoms with Crippen molar-refractivity contribution in [3.63, 3.8) is 0 Å². The second kappa shape index (κ2) is 11.5. The number of hydrogen-bond donors (Lipinski definition) is 1. The van der Waals surface area contributed by atoms with Crippen molar-refractivity contribution in [2.75, 3.05) is 75.1 Å². The summed E-state index contributed by atoms with van der Waals surface area (Å²) in [7, 11) is 0.681. The zero-order chi connectivity index (χ0) is 29.4. The lowest BCUT2D eigenvalue weighted by Crippen LogP contribution is -2.44. The number of methoxy groups -OCH3 is 1. The number of sulfone groups is 1. The standard InChI is InChI=1S/C30H33F2N5O4S/c1-35-8-10-37(11-9-35)27-18-21(6-7-28(27)40-2)33-30-34-26-5-3-4-22(29(26)41-30)20-16-24(31)23(25(32)17-20)19-36-12-14-42(38,39)15-13-36/h3-7,16-18H,8-15,19H2,1-2H3,(H,33,34). The number of ether oxygens (including phenoxy) is 1. The number of anilines is 3. The third-order valence-corrected chi connectivity index (χ3v) is 9.57. The highest BCUT2D eigenvalue weighted by molar-refractivity contribution is 7.91. The van der Waals surface area contributed by atoms with Crippen LogP contribution in [0.3, 0.4) is 0 Å². The molecule has 12 heteroatoms. The summed E-state index contributed by atoms with van der Waals surface area (Å²) in [5.41, 5.74) is 3.44. The molecular weight excluding hydrogens is 564 g/mol. The monoisotopic (exact) mass is 597 g/mol. The lowest BCUT2D eigenvalue weighted by atomic mass is 10.0. The van der Waals surface area contributed by atoms with Gasteiger partial charge in [0.05, 0.1) is 24.3 Å². The van der Waals surface area contributed by atoms with Gasteiger partial charge in [-0.3, -0.25) is 4.90 Å². The number of benzene rings is 3. The Hall–Kier alpha value is -3.74. The maximum Gasteiger partial charge on any atom is 0.300 e. The minimum absolute atomic E-state index is 0.00597. The van der Waals surface area contributed by atoms with Gasteiger partial charge in [-0.15, -0.1) is 0 Å². The van der Waals surface area contributed by atoms with Gasteiger partial charge in [0, 0.05) is 62.6 Å². The molecule has 0 unspecified atom stereocenters. The molecule has 0 bridgehead atoms. The molecule has 0 amide bonds. The molecule has 0 spiro atoms. The second-order valence-corrected chi connectivity index (χ2v) is 13.1. The molecule has 3 heterocycles. The van der Waals surface area contributed by atoms with Gasteiger partial charge >= 0.3 is 0 Å². The van der Waals surface area contributed by atoms with E-state index < -0.39 is 21.5 Å². The molecule has 0 radical (unpaired) electrons. The van der Waals surface area contributed by atoms with E-state index in [9.17, 15) is 8.42 Å². The Balaban J connectivity index is 1.25. The Kier molecular flexibility index (Phi) is 7.77. The molecule has 222 valence electrons. The summed E-state index contributed by atoms with van der Waals surface area (Å²) in [6.07, 6.45) is 0. The summed E-state index contributed by atoms with van der Waals surface area (Å²) < 4.78 is 65.5. The van der Waals surface area contributed by atoms with Crippen LogP contribution in [-0.2, 0) is 16.4 Å². The average molecular weight is 598 g/mol. The van der Waals surface area contributed by atoms with Gasteiger partial charge < -0.3 is 24.3 Å². The minimum atomic E-state index is -3.08. The lowest BCUT2D eigenvalue weighted by molar-refractivity contribution is 0.278. The third-order valence-electron chi connectivity index (χ3n) is 7.96. The number of piperazine rings is 1. The lowest BCUT2D eigenvalue weighted by Gasteiger charge is -2.34. The van der Waals surface area contributed by atoms with E-state index in [0.717, 1.165) is 43.3 Å². The molecule has 42 heavy (non-hydrogen) atoms. The van der Waals surface area contributed by atoms with Crippen molar-refractivity contribution < 1.29 is 26.4 Å². The zero-order valence-corrected chi connectivity index (χ0v) is 24.4. The molecule has 4 aromatic rings. The van der Waals surface area contributed by atoms with Gasteiger partial charge in [0.2, 0.25) is 0 Å². The van der Waals surface area contributed by atoms with Crippen LogP contribution in [0.15, 0.2) is 52.9 Å². The van der Waals surface area contributed by atoms with E-state index in [1.165, 1.54) is 12.1 Å². The quantitative estimate of drug-likeness (QED) is 0.331. The van der Waals surface area contributed by atoms with E-state index in [2.05, 4.69) is 27.1 Å². The van der Waals surface area contributed by atoms with Crippen LogP contribution in [-0.4, -0.2) is 88.1 Å². The number of nitrogens with zero attached hydrogens (tertiary/aromatic N) is 4. The van der Waals surface area contributed by atoms with Gasteiger partial charge in [-0.25, -0.2) is 17.2 Å². The van der Waals surface area contributed by atoms with Crippen molar-refractivity contribution in [2.24, 2.45) is 0 Å². The number of likely N-dealkylation sites (N-methyl/N-ethyl adjacent to an activating group) is 1. The number of aromatic nitrogens is 1. The predicted molar refractivity (Wildman–Crippen MR) is 159 cm³/mol. The molecule has 3 aromatic carbocycles. The third kappa shape index (κ3) is 5.92. The summed E-state index contributed by atoms with van der Waals surface area (Å²) in [6.45, 7) is 4.19. The first kappa shape index (κ1) is 28.4. The molecule has 9 nitrogen and oxygen atoms in total. The average Bonchev–Trinajstić information content (AvgIpc) is 3.38. The summed E-state index contributed by atoms with van der Waals surface area (Å²) in [4.78, 5) is 10.9. The normalized spacial score (nSPS) is 18.0. The molecular formula is C30H33F2N5O4S. The van der Waals surface area contributed by atoms with E-state index in [4.69, 9.17) is 9.15 Å². The van der Waals surface area contributed by atoms with E-state index in [1.54, 1.807) is 30.2 Å². The van der Waals surface area contributed by atoms with Gasteiger partial charge in [-0.2, -0.15) is 4.98 Å². The Morgan fingerprint density at radius 3 is 2.38 bits per heavy atom. The fourth-order valence-corrected chi connectivity index (χ4v) is 6.73. The minimum Gasteiger partial charge on any atom is -0.495 e. The summed E-state index contributed by atoms with van der Waals surface area (Å²) in [5.74, 6) is -0.619. The van der Waals surface area contributed by atoms with Gasteiger partial charge in [0.1, 0.15) is 22.9 Å². The van der Waals surface area contributed by atoms with Crippen LogP contribution in [0.2, 0.25) is 0 Å². The Bertz CT molecular complexity index is 1680. The molecule has 0 saturated carbocycles. The van der Waals surface area contributed by atoms with Crippen LogP contribution in [0.25, 0.3) is 22.2 Å². The van der Waals surface area contributed by atoms with Crippen molar-refractivity contribution in [1.82, 2.24) is 14.8 Å². The topological polar surface area (TPSA) is 91.1 Å². The SMILES string of the molecule is COc1ccc(Nc2nc3cccc(-c4cc(F)c(CN5CCS(=O)(=O)CC5)c(F)c4)c3o2)cc1N1CCN(C)CC1. The molecule has 1 aromatic heterocycles. The Labute approximate surface area is 243 Å². The van der Waals surface area contributed by atoms with E-state index in [1.807, 2.05) is 18.2 Å². The Morgan fingerprint density at radius 1 is 0.976 bits per heavy atom. The van der Waals surface area contributed by atoms with Gasteiger partial charge in [-0.1, -0.05) is 12.1 Å². The first-order chi connectivity index (χ1) is 20.2. The number of rotatable bonds is 7. The van der Waals surface area contributed by atoms with Crippen LogP contribution in [0.4, 0.5) is 26.2 Å². The number of hydrogen-bond acceptors (Lipinski definition) is 9. The highest BCUT2D eigenvalue weighted by Gasteiger charge is 2.24. The molecule has 6 rings (SSSR count). The van der Waals surface area contributed by atoms with Crippen LogP contribution < -0.4 is 15.0 Å². The molecule has 0 atom stereocenters. The van der Waals surface area contributed by atoms with Crippen LogP contribution in [0, 0.1) is 11.6 Å². The molecule has 2 saturated heterocycles. The van der Waals surface area contributed by atoms with E-state index in [-0.39, 0.29) is 42.7 Å². The summed E-state index contributed by atoms with van der Waals surface area (Å²) in [6, 6.07) is 13.9. The zero-order valence-electron chi connectivity index (χ0n) is 23.6. The molecule has 2 fully saturated rings. The first-order valence-electron chi connectivity index (χ1n) is 13.9. The molecule has 2 aliphatic heterocycles. The highest BCUT2D eigenvalue weighted by Crippen LogP contribution is 2.36. The number of nitrogens with one attached hydrogen (secondary N) is 1. The summed E-state index contributed by atoms with van der Waals surface area (Å²) >= 11 is 0. The van der Waals surface area contributed by atoms with E-state index in [0.29, 0.717) is 22.2 Å². The van der Waals surface area contributed by atoms with Crippen LogP contribution >= 0.6 is 0 Å². The van der Waals surface area contributed by atoms with E-state index >= 15 is 8.78 Å². The van der Waals surface area contributed by atoms with Crippen molar-refractivity contribution in [1.29, 1.82) is 0 Å². The van der Waals surface area contributed by atoms with Gasteiger partial charge in [-0.05, 0) is 49.0 Å². The largest absolute Gasteiger partial charge is 0.495 e. The maximum absolute atomic E-state index is 15.2. The smallest absolute Gasteiger partial charge is 0.300 e. The number of halogens is 2.